The summed E-state index contributed by atoms with van der Waals surface area (Å²) in [4.78, 5) is 10.6. The summed E-state index contributed by atoms with van der Waals surface area (Å²) < 4.78 is 0. The predicted octanol–water partition coefficient (Wildman–Crippen LogP) is 2.41. The van der Waals surface area contributed by atoms with Crippen LogP contribution in [0.4, 0.5) is 10.5 Å². The van der Waals surface area contributed by atoms with Gasteiger partial charge in [0.15, 0.2) is 0 Å². The number of hydrogen-bond donors (Lipinski definition) is 3. The smallest absolute Gasteiger partial charge is 0.332 e. The summed E-state index contributed by atoms with van der Waals surface area (Å²) in [6.45, 7) is 4.09. The van der Waals surface area contributed by atoms with Crippen molar-refractivity contribution in [2.75, 3.05) is 5.32 Å². The molecule has 2 rings (SSSR count). The van der Waals surface area contributed by atoms with Gasteiger partial charge in [-0.25, -0.2) is 10.2 Å². The van der Waals surface area contributed by atoms with Gasteiger partial charge < -0.3 is 11.1 Å². The predicted molar refractivity (Wildman–Crippen MR) is 82.0 cm³/mol. The number of nitrogens with two attached hydrogens (primary N) is 1. The molecule has 0 aromatic heterocycles. The summed E-state index contributed by atoms with van der Waals surface area (Å²) >= 11 is 0. The van der Waals surface area contributed by atoms with E-state index in [0.717, 1.165) is 25.0 Å². The summed E-state index contributed by atoms with van der Waals surface area (Å²) in [7, 11) is 0. The number of aryl methyl sites for hydroxylation is 2. The first-order valence-corrected chi connectivity index (χ1v) is 7.01. The lowest BCUT2D eigenvalue weighted by atomic mass is 9.96. The highest BCUT2D eigenvalue weighted by atomic mass is 16.2. The number of amides is 2. The van der Waals surface area contributed by atoms with Crippen molar-refractivity contribution in [3.8, 4) is 0 Å². The van der Waals surface area contributed by atoms with Gasteiger partial charge in [0.1, 0.15) is 0 Å². The number of rotatable bonds is 4. The SMILES string of the molecule is CC(CCc1ccc2c(c1)N[C@H](C)CC2)=NNC(N)=O. The van der Waals surface area contributed by atoms with Crippen LogP contribution in [0.2, 0.25) is 0 Å². The van der Waals surface area contributed by atoms with Gasteiger partial charge in [-0.15, -0.1) is 0 Å². The van der Waals surface area contributed by atoms with Gasteiger partial charge in [0.2, 0.25) is 0 Å². The third kappa shape index (κ3) is 3.98. The Morgan fingerprint density at radius 1 is 1.55 bits per heavy atom. The number of anilines is 1. The zero-order chi connectivity index (χ0) is 14.5. The number of hydrogen-bond acceptors (Lipinski definition) is 3. The van der Waals surface area contributed by atoms with Crippen LogP contribution >= 0.6 is 0 Å². The lowest BCUT2D eigenvalue weighted by Gasteiger charge is -2.24. The number of nitrogens with zero attached hydrogens (tertiary/aromatic N) is 1. The second kappa shape index (κ2) is 6.41. The zero-order valence-electron chi connectivity index (χ0n) is 12.1. The van der Waals surface area contributed by atoms with Gasteiger partial charge in [-0.2, -0.15) is 5.10 Å². The molecule has 0 saturated carbocycles. The molecule has 1 aliphatic heterocycles. The van der Waals surface area contributed by atoms with Crippen LogP contribution in [0.25, 0.3) is 0 Å². The van der Waals surface area contributed by atoms with Crippen molar-refractivity contribution in [3.63, 3.8) is 0 Å². The molecule has 2 amide bonds. The van der Waals surface area contributed by atoms with Crippen LogP contribution in [0.3, 0.4) is 0 Å². The van der Waals surface area contributed by atoms with Crippen molar-refractivity contribution in [2.45, 2.75) is 45.6 Å². The Kier molecular flexibility index (Phi) is 4.61. The lowest BCUT2D eigenvalue weighted by Crippen LogP contribution is -2.25. The van der Waals surface area contributed by atoms with Gasteiger partial charge in [-0.05, 0) is 56.7 Å². The number of nitrogens with one attached hydrogen (secondary N) is 2. The van der Waals surface area contributed by atoms with Crippen LogP contribution in [-0.4, -0.2) is 17.8 Å². The Hall–Kier alpha value is -2.04. The average Bonchev–Trinajstić information content (AvgIpc) is 2.42. The Bertz CT molecular complexity index is 525. The van der Waals surface area contributed by atoms with E-state index in [-0.39, 0.29) is 0 Å². The number of benzene rings is 1. The molecule has 4 N–H and O–H groups in total. The molecule has 1 atom stereocenters. The molecule has 20 heavy (non-hydrogen) atoms. The van der Waals surface area contributed by atoms with E-state index in [2.05, 4.69) is 41.0 Å². The van der Waals surface area contributed by atoms with Gasteiger partial charge in [0, 0.05) is 17.4 Å². The van der Waals surface area contributed by atoms with Crippen molar-refractivity contribution >= 4 is 17.4 Å². The highest BCUT2D eigenvalue weighted by Gasteiger charge is 2.13. The standard InChI is InChI=1S/C15H22N4O/c1-10-4-7-13-8-6-12(9-14(13)17-10)5-3-11(2)18-19-15(16)20/h6,8-10,17H,3-5,7H2,1-2H3,(H3,16,19,20)/t10-/m1/s1. The van der Waals surface area contributed by atoms with Crippen molar-refractivity contribution in [3.05, 3.63) is 29.3 Å². The van der Waals surface area contributed by atoms with E-state index in [1.165, 1.54) is 23.2 Å². The largest absolute Gasteiger partial charge is 0.382 e. The maximum absolute atomic E-state index is 10.6. The maximum Gasteiger partial charge on any atom is 0.332 e. The molecular weight excluding hydrogens is 252 g/mol. The van der Waals surface area contributed by atoms with Crippen molar-refractivity contribution < 1.29 is 4.79 Å². The molecule has 5 nitrogen and oxygen atoms in total. The van der Waals surface area contributed by atoms with Crippen molar-refractivity contribution in [1.29, 1.82) is 0 Å². The number of primary amides is 1. The molecule has 0 radical (unpaired) electrons. The molecule has 0 unspecified atom stereocenters. The minimum atomic E-state index is -0.628. The summed E-state index contributed by atoms with van der Waals surface area (Å²) in [5, 5.41) is 7.44. The monoisotopic (exact) mass is 274 g/mol. The Labute approximate surface area is 119 Å². The second-order valence-electron chi connectivity index (χ2n) is 5.40. The van der Waals surface area contributed by atoms with E-state index in [1.807, 2.05) is 6.92 Å². The fourth-order valence-electron chi connectivity index (χ4n) is 2.37. The zero-order valence-corrected chi connectivity index (χ0v) is 12.1. The van der Waals surface area contributed by atoms with Crippen LogP contribution in [0.1, 0.15) is 37.8 Å². The van der Waals surface area contributed by atoms with Gasteiger partial charge in [0.05, 0.1) is 0 Å². The first kappa shape index (κ1) is 14.4. The van der Waals surface area contributed by atoms with Crippen LogP contribution in [0, 0.1) is 0 Å². The van der Waals surface area contributed by atoms with Gasteiger partial charge in [-0.1, -0.05) is 12.1 Å². The van der Waals surface area contributed by atoms with Crippen LogP contribution < -0.4 is 16.5 Å². The second-order valence-corrected chi connectivity index (χ2v) is 5.40. The number of carbonyl (C=O) groups excluding carboxylic acids is 1. The molecule has 108 valence electrons. The Morgan fingerprint density at radius 3 is 3.10 bits per heavy atom. The molecule has 1 aromatic carbocycles. The topological polar surface area (TPSA) is 79.5 Å². The third-order valence-electron chi connectivity index (χ3n) is 3.56. The minimum Gasteiger partial charge on any atom is -0.382 e. The van der Waals surface area contributed by atoms with Crippen molar-refractivity contribution in [2.24, 2.45) is 10.8 Å². The fourth-order valence-corrected chi connectivity index (χ4v) is 2.37. The number of carbonyl (C=O) groups is 1. The van der Waals surface area contributed by atoms with Crippen LogP contribution in [0.15, 0.2) is 23.3 Å². The highest BCUT2D eigenvalue weighted by Crippen LogP contribution is 2.26. The highest BCUT2D eigenvalue weighted by molar-refractivity contribution is 5.83. The third-order valence-corrected chi connectivity index (χ3v) is 3.56. The molecule has 5 heteroatoms. The Morgan fingerprint density at radius 2 is 2.35 bits per heavy atom. The molecule has 0 saturated heterocycles. The molecule has 1 aromatic rings. The van der Waals surface area contributed by atoms with Crippen LogP contribution in [0.5, 0.6) is 0 Å². The van der Waals surface area contributed by atoms with Gasteiger partial charge >= 0.3 is 6.03 Å². The van der Waals surface area contributed by atoms with E-state index in [4.69, 9.17) is 5.73 Å². The molecule has 0 fully saturated rings. The summed E-state index contributed by atoms with van der Waals surface area (Å²) in [6.07, 6.45) is 4.04. The first-order chi connectivity index (χ1) is 9.54. The quantitative estimate of drug-likeness (QED) is 0.582. The van der Waals surface area contributed by atoms with Gasteiger partial charge in [0.25, 0.3) is 0 Å². The lowest BCUT2D eigenvalue weighted by molar-refractivity contribution is 0.249. The molecular formula is C15H22N4O. The number of urea groups is 1. The first-order valence-electron chi connectivity index (χ1n) is 7.01. The van der Waals surface area contributed by atoms with Gasteiger partial charge in [-0.3, -0.25) is 0 Å². The normalized spacial score (nSPS) is 18.1. The summed E-state index contributed by atoms with van der Waals surface area (Å²) in [5.74, 6) is 0. The number of fused-ring (bicyclic) bond motifs is 1. The van der Waals surface area contributed by atoms with E-state index in [1.54, 1.807) is 0 Å². The molecule has 0 bridgehead atoms. The van der Waals surface area contributed by atoms with E-state index < -0.39 is 6.03 Å². The van der Waals surface area contributed by atoms with Crippen molar-refractivity contribution in [1.82, 2.24) is 5.43 Å². The molecule has 1 heterocycles. The van der Waals surface area contributed by atoms with E-state index >= 15 is 0 Å². The van der Waals surface area contributed by atoms with E-state index in [0.29, 0.717) is 6.04 Å². The van der Waals surface area contributed by atoms with E-state index in [9.17, 15) is 4.79 Å². The maximum atomic E-state index is 10.6. The molecule has 0 spiro atoms. The molecule has 1 aliphatic rings. The molecule has 0 aliphatic carbocycles. The minimum absolute atomic E-state index is 0.542. The fraction of sp³-hybridized carbons (Fsp3) is 0.467. The average molecular weight is 274 g/mol. The summed E-state index contributed by atoms with van der Waals surface area (Å²) in [6, 6.07) is 6.51. The Balaban J connectivity index is 1.95. The number of hydrazone groups is 1. The summed E-state index contributed by atoms with van der Waals surface area (Å²) in [5.41, 5.74) is 12.0. The van der Waals surface area contributed by atoms with Crippen LogP contribution in [-0.2, 0) is 12.8 Å².